The van der Waals surface area contributed by atoms with Crippen LogP contribution in [-0.4, -0.2) is 4.57 Å². The second kappa shape index (κ2) is 15.6. The molecule has 1 heterocycles. The molecule has 0 saturated carbocycles. The number of rotatable bonds is 9. The van der Waals surface area contributed by atoms with Crippen LogP contribution >= 0.6 is 0 Å². The molecular formula is C58H41N3. The van der Waals surface area contributed by atoms with Crippen molar-refractivity contribution in [3.63, 3.8) is 0 Å². The molecule has 0 saturated heterocycles. The molecule has 0 amide bonds. The Kier molecular flexibility index (Phi) is 9.18. The highest BCUT2D eigenvalue weighted by atomic mass is 15.2. The van der Waals surface area contributed by atoms with Gasteiger partial charge in [-0.1, -0.05) is 158 Å². The fourth-order valence-electron chi connectivity index (χ4n) is 9.01. The molecule has 3 heteroatoms. The predicted molar refractivity (Wildman–Crippen MR) is 259 cm³/mol. The number of hydrogen-bond donors (Lipinski definition) is 0. The van der Waals surface area contributed by atoms with E-state index in [0.717, 1.165) is 45.4 Å². The van der Waals surface area contributed by atoms with Gasteiger partial charge >= 0.3 is 0 Å². The molecule has 0 aliphatic heterocycles. The fraction of sp³-hybridized carbons (Fsp3) is 0. The molecule has 61 heavy (non-hydrogen) atoms. The fourth-order valence-corrected chi connectivity index (χ4v) is 9.01. The predicted octanol–water partition coefficient (Wildman–Crippen LogP) is 16.2. The largest absolute Gasteiger partial charge is 0.310 e. The van der Waals surface area contributed by atoms with Crippen molar-refractivity contribution in [1.82, 2.24) is 4.57 Å². The van der Waals surface area contributed by atoms with Crippen LogP contribution in [0.3, 0.4) is 0 Å². The van der Waals surface area contributed by atoms with E-state index in [9.17, 15) is 0 Å². The summed E-state index contributed by atoms with van der Waals surface area (Å²) in [5.41, 5.74) is 14.7. The number of nitrogens with zero attached hydrogens (tertiary/aromatic N) is 3. The van der Waals surface area contributed by atoms with Gasteiger partial charge in [0.15, 0.2) is 0 Å². The van der Waals surface area contributed by atoms with Crippen molar-refractivity contribution < 1.29 is 0 Å². The molecule has 0 aliphatic carbocycles. The molecule has 0 fully saturated rings. The van der Waals surface area contributed by atoms with Gasteiger partial charge in [0.25, 0.3) is 0 Å². The van der Waals surface area contributed by atoms with Gasteiger partial charge in [0.05, 0.1) is 11.0 Å². The smallest absolute Gasteiger partial charge is 0.0547 e. The van der Waals surface area contributed by atoms with Crippen molar-refractivity contribution in [3.05, 3.63) is 249 Å². The van der Waals surface area contributed by atoms with Gasteiger partial charge in [0.2, 0.25) is 0 Å². The van der Waals surface area contributed by atoms with Gasteiger partial charge < -0.3 is 14.4 Å². The first kappa shape index (κ1) is 36.0. The van der Waals surface area contributed by atoms with Gasteiger partial charge in [-0.05, 0) is 124 Å². The molecule has 0 unspecified atom stereocenters. The number of para-hydroxylation sites is 6. The highest BCUT2D eigenvalue weighted by Gasteiger charge is 2.21. The average Bonchev–Trinajstić information content (AvgIpc) is 3.67. The monoisotopic (exact) mass is 779 g/mol. The van der Waals surface area contributed by atoms with E-state index in [2.05, 4.69) is 263 Å². The molecule has 11 rings (SSSR count). The normalized spacial score (nSPS) is 11.3. The molecule has 0 spiro atoms. The van der Waals surface area contributed by atoms with Crippen molar-refractivity contribution in [3.8, 4) is 27.9 Å². The summed E-state index contributed by atoms with van der Waals surface area (Å²) < 4.78 is 2.40. The summed E-state index contributed by atoms with van der Waals surface area (Å²) >= 11 is 0. The molecule has 1 aromatic heterocycles. The zero-order valence-electron chi connectivity index (χ0n) is 33.5. The number of aromatic nitrogens is 1. The molecule has 3 nitrogen and oxygen atoms in total. The molecule has 0 bridgehead atoms. The Balaban J connectivity index is 1.14. The van der Waals surface area contributed by atoms with Crippen molar-refractivity contribution in [2.45, 2.75) is 0 Å². The summed E-state index contributed by atoms with van der Waals surface area (Å²) in [5.74, 6) is 0. The Morgan fingerprint density at radius 3 is 1.13 bits per heavy atom. The summed E-state index contributed by atoms with van der Waals surface area (Å²) in [6, 6.07) is 89.6. The van der Waals surface area contributed by atoms with Gasteiger partial charge in [-0.3, -0.25) is 0 Å². The zero-order valence-corrected chi connectivity index (χ0v) is 33.5. The number of benzene rings is 10. The lowest BCUT2D eigenvalue weighted by Gasteiger charge is -2.30. The molecule has 0 atom stereocenters. The molecule has 0 aliphatic rings. The SMILES string of the molecule is c1ccc(N(c2ccccc2)c2cc(-c3ccc(-c4ccc5c6ccccc6n(-c6ccccc6)c5c4)c4ccccc34)cc(N(c3ccccc3)c3ccccc3)c2)cc1. The van der Waals surface area contributed by atoms with E-state index in [1.165, 1.54) is 49.3 Å². The maximum atomic E-state index is 2.40. The van der Waals surface area contributed by atoms with Crippen molar-refractivity contribution in [2.75, 3.05) is 9.80 Å². The Labute approximate surface area is 356 Å². The van der Waals surface area contributed by atoms with E-state index in [4.69, 9.17) is 0 Å². The summed E-state index contributed by atoms with van der Waals surface area (Å²) in [5, 5.41) is 4.91. The Hall–Kier alpha value is -8.14. The lowest BCUT2D eigenvalue weighted by atomic mass is 9.91. The maximum Gasteiger partial charge on any atom is 0.0547 e. The topological polar surface area (TPSA) is 11.4 Å². The maximum absolute atomic E-state index is 2.40. The first-order valence-electron chi connectivity index (χ1n) is 20.9. The van der Waals surface area contributed by atoms with Crippen LogP contribution in [0.25, 0.3) is 60.5 Å². The minimum Gasteiger partial charge on any atom is -0.310 e. The molecule has 10 aromatic carbocycles. The standard InChI is InChI=1S/C58H41N3/c1-6-20-44(21-7-1)59(45-22-8-2-9-23-45)49-38-43(39-50(41-49)60(46-24-10-3-11-25-46)47-26-12-4-13-27-47)52-37-36-51(53-30-16-17-31-54(52)53)42-34-35-56-55-32-18-19-33-57(55)61(58(56)40-42)48-28-14-5-15-29-48/h1-41H. The van der Waals surface area contributed by atoms with Gasteiger partial charge in [-0.25, -0.2) is 0 Å². The Morgan fingerprint density at radius 1 is 0.246 bits per heavy atom. The van der Waals surface area contributed by atoms with E-state index in [1.807, 2.05) is 0 Å². The third kappa shape index (κ3) is 6.59. The third-order valence-electron chi connectivity index (χ3n) is 11.7. The summed E-state index contributed by atoms with van der Waals surface area (Å²) in [6.07, 6.45) is 0. The number of fused-ring (bicyclic) bond motifs is 4. The van der Waals surface area contributed by atoms with E-state index in [1.54, 1.807) is 0 Å². The Morgan fingerprint density at radius 2 is 0.639 bits per heavy atom. The van der Waals surface area contributed by atoms with Crippen LogP contribution in [0.2, 0.25) is 0 Å². The molecule has 0 radical (unpaired) electrons. The first-order valence-corrected chi connectivity index (χ1v) is 20.9. The van der Waals surface area contributed by atoms with Crippen LogP contribution in [0, 0.1) is 0 Å². The van der Waals surface area contributed by atoms with Crippen LogP contribution in [0.4, 0.5) is 34.1 Å². The first-order chi connectivity index (χ1) is 30.3. The van der Waals surface area contributed by atoms with Gasteiger partial charge in [-0.15, -0.1) is 0 Å². The van der Waals surface area contributed by atoms with Crippen LogP contribution in [0.5, 0.6) is 0 Å². The highest BCUT2D eigenvalue weighted by molar-refractivity contribution is 6.12. The summed E-state index contributed by atoms with van der Waals surface area (Å²) in [6.45, 7) is 0. The van der Waals surface area contributed by atoms with Crippen molar-refractivity contribution in [2.24, 2.45) is 0 Å². The summed E-state index contributed by atoms with van der Waals surface area (Å²) in [4.78, 5) is 4.72. The van der Waals surface area contributed by atoms with E-state index >= 15 is 0 Å². The minimum absolute atomic E-state index is 1.06. The molecular weight excluding hydrogens is 739 g/mol. The van der Waals surface area contributed by atoms with Gasteiger partial charge in [0.1, 0.15) is 0 Å². The van der Waals surface area contributed by atoms with Crippen LogP contribution < -0.4 is 9.80 Å². The molecule has 0 N–H and O–H groups in total. The van der Waals surface area contributed by atoms with E-state index in [0.29, 0.717) is 0 Å². The second-order valence-electron chi connectivity index (χ2n) is 15.4. The number of anilines is 6. The van der Waals surface area contributed by atoms with Crippen LogP contribution in [-0.2, 0) is 0 Å². The lowest BCUT2D eigenvalue weighted by Crippen LogP contribution is -2.13. The molecule has 11 aromatic rings. The van der Waals surface area contributed by atoms with Crippen LogP contribution in [0.15, 0.2) is 249 Å². The zero-order chi connectivity index (χ0) is 40.5. The quantitative estimate of drug-likeness (QED) is 0.145. The lowest BCUT2D eigenvalue weighted by molar-refractivity contribution is 1.18. The molecule has 288 valence electrons. The van der Waals surface area contributed by atoms with Gasteiger partial charge in [-0.2, -0.15) is 0 Å². The number of hydrogen-bond acceptors (Lipinski definition) is 2. The highest BCUT2D eigenvalue weighted by Crippen LogP contribution is 2.45. The van der Waals surface area contributed by atoms with Crippen molar-refractivity contribution >= 4 is 66.7 Å². The van der Waals surface area contributed by atoms with E-state index in [-0.39, 0.29) is 0 Å². The minimum atomic E-state index is 1.06. The average molecular weight is 780 g/mol. The summed E-state index contributed by atoms with van der Waals surface area (Å²) in [7, 11) is 0. The second-order valence-corrected chi connectivity index (χ2v) is 15.4. The van der Waals surface area contributed by atoms with E-state index < -0.39 is 0 Å². The van der Waals surface area contributed by atoms with Crippen molar-refractivity contribution in [1.29, 1.82) is 0 Å². The Bertz CT molecular complexity index is 3110. The van der Waals surface area contributed by atoms with Crippen LogP contribution in [0.1, 0.15) is 0 Å². The van der Waals surface area contributed by atoms with Gasteiger partial charge in [0, 0.05) is 50.6 Å². The third-order valence-corrected chi connectivity index (χ3v) is 11.7.